The van der Waals surface area contributed by atoms with Crippen LogP contribution in [0.25, 0.3) is 0 Å². The van der Waals surface area contributed by atoms with Crippen LogP contribution in [-0.2, 0) is 38.0 Å². The molecule has 20 heteroatoms. The van der Waals surface area contributed by atoms with Crippen molar-refractivity contribution in [2.75, 3.05) is 59.3 Å². The van der Waals surface area contributed by atoms with Crippen molar-refractivity contribution in [2.45, 2.75) is 186 Å². The van der Waals surface area contributed by atoms with E-state index in [2.05, 4.69) is 36.1 Å². The van der Waals surface area contributed by atoms with Crippen LogP contribution in [-0.4, -0.2) is 113 Å². The molecule has 1 atom stereocenters. The number of unbranched alkanes of at least 4 members (excludes halogenated alkanes) is 10. The summed E-state index contributed by atoms with van der Waals surface area (Å²) in [5.74, 6) is -12.0. The molecule has 0 N–H and O–H groups in total. The zero-order chi connectivity index (χ0) is 49.7. The molecule has 0 saturated carbocycles. The molecule has 0 heterocycles. The quantitative estimate of drug-likeness (QED) is 0.0147. The van der Waals surface area contributed by atoms with Gasteiger partial charge in [0.25, 0.3) is 0 Å². The van der Waals surface area contributed by atoms with Crippen LogP contribution in [0.1, 0.15) is 156 Å². The lowest BCUT2D eigenvalue weighted by Gasteiger charge is -2.21. The molecular formula is C46H75F10NO9. The number of allylic oxidation sites excluding steroid dienone is 4. The Balaban J connectivity index is 5.16. The summed E-state index contributed by atoms with van der Waals surface area (Å²) in [5.41, 5.74) is 0. The zero-order valence-corrected chi connectivity index (χ0v) is 39.1. The molecule has 0 rings (SSSR count). The first-order valence-electron chi connectivity index (χ1n) is 23.4. The van der Waals surface area contributed by atoms with Gasteiger partial charge in [-0.3, -0.25) is 9.59 Å². The summed E-state index contributed by atoms with van der Waals surface area (Å²) in [6.45, 7) is 6.77. The zero-order valence-electron chi connectivity index (χ0n) is 39.1. The maximum atomic E-state index is 13.3. The number of halogens is 10. The Morgan fingerprint density at radius 2 is 1.00 bits per heavy atom. The minimum absolute atomic E-state index is 0.0862. The van der Waals surface area contributed by atoms with Gasteiger partial charge in [0.15, 0.2) is 6.29 Å². The lowest BCUT2D eigenvalue weighted by atomic mass is 10.1. The van der Waals surface area contributed by atoms with Gasteiger partial charge < -0.3 is 33.3 Å². The second-order valence-corrected chi connectivity index (χ2v) is 16.0. The average molecular weight is 976 g/mol. The normalized spacial score (nSPS) is 13.3. The van der Waals surface area contributed by atoms with Crippen LogP contribution in [0, 0.1) is 5.92 Å². The number of alkyl halides is 10. The molecule has 0 aromatic carbocycles. The van der Waals surface area contributed by atoms with Gasteiger partial charge in [-0.05, 0) is 83.7 Å². The molecule has 0 aromatic heterocycles. The monoisotopic (exact) mass is 976 g/mol. The smallest absolute Gasteiger partial charge is 0.465 e. The van der Waals surface area contributed by atoms with Gasteiger partial charge in [-0.2, -0.15) is 43.9 Å². The second kappa shape index (κ2) is 36.9. The molecule has 0 fully saturated rings. The molecule has 0 spiro atoms. The molecule has 0 aliphatic carbocycles. The van der Waals surface area contributed by atoms with Crippen molar-refractivity contribution in [3.05, 3.63) is 24.3 Å². The molecule has 10 nitrogen and oxygen atoms in total. The first kappa shape index (κ1) is 62.9. The largest absolute Gasteiger partial charge is 0.508 e. The number of carbonyl (C=O) groups is 3. The summed E-state index contributed by atoms with van der Waals surface area (Å²) < 4.78 is 160. The first-order chi connectivity index (χ1) is 31.2. The van der Waals surface area contributed by atoms with Gasteiger partial charge in [-0.1, -0.05) is 77.2 Å². The van der Waals surface area contributed by atoms with E-state index in [-0.39, 0.29) is 45.5 Å². The number of esters is 2. The highest BCUT2D eigenvalue weighted by molar-refractivity contribution is 5.69. The van der Waals surface area contributed by atoms with E-state index >= 15 is 0 Å². The van der Waals surface area contributed by atoms with Crippen LogP contribution in [0.5, 0.6) is 0 Å². The van der Waals surface area contributed by atoms with Crippen molar-refractivity contribution >= 4 is 18.1 Å². The fourth-order valence-electron chi connectivity index (χ4n) is 6.06. The van der Waals surface area contributed by atoms with Crippen LogP contribution in [0.2, 0.25) is 0 Å². The Labute approximate surface area is 384 Å². The summed E-state index contributed by atoms with van der Waals surface area (Å²) >= 11 is 0. The number of rotatable bonds is 41. The van der Waals surface area contributed by atoms with E-state index in [1.807, 2.05) is 13.8 Å². The van der Waals surface area contributed by atoms with Crippen molar-refractivity contribution in [2.24, 2.45) is 5.92 Å². The Bertz CT molecular complexity index is 1280. The van der Waals surface area contributed by atoms with E-state index in [0.717, 1.165) is 58.0 Å². The first-order valence-corrected chi connectivity index (χ1v) is 23.4. The number of carbonyl (C=O) groups excluding carboxylic acids is 3. The van der Waals surface area contributed by atoms with E-state index in [4.69, 9.17) is 28.4 Å². The predicted molar refractivity (Wildman–Crippen MR) is 229 cm³/mol. The minimum Gasteiger partial charge on any atom is -0.465 e. The lowest BCUT2D eigenvalue weighted by Crippen LogP contribution is -2.36. The third-order valence-corrected chi connectivity index (χ3v) is 10.3. The minimum atomic E-state index is -5.74. The van der Waals surface area contributed by atoms with Crippen LogP contribution in [0.4, 0.5) is 48.7 Å². The van der Waals surface area contributed by atoms with E-state index in [1.54, 1.807) is 0 Å². The predicted octanol–water partition coefficient (Wildman–Crippen LogP) is 13.3. The van der Waals surface area contributed by atoms with Crippen molar-refractivity contribution in [3.63, 3.8) is 0 Å². The van der Waals surface area contributed by atoms with Crippen LogP contribution < -0.4 is 0 Å². The Morgan fingerprint density at radius 1 is 0.515 bits per heavy atom. The van der Waals surface area contributed by atoms with E-state index in [9.17, 15) is 58.3 Å². The fraction of sp³-hybridized carbons (Fsp3) is 0.848. The highest BCUT2D eigenvalue weighted by atomic mass is 19.4. The second-order valence-electron chi connectivity index (χ2n) is 16.0. The summed E-state index contributed by atoms with van der Waals surface area (Å²) in [5, 5.41) is 0. The van der Waals surface area contributed by atoms with E-state index in [0.29, 0.717) is 19.4 Å². The van der Waals surface area contributed by atoms with Crippen LogP contribution >= 0.6 is 0 Å². The van der Waals surface area contributed by atoms with Crippen LogP contribution in [0.3, 0.4) is 0 Å². The van der Waals surface area contributed by atoms with Crippen molar-refractivity contribution in [1.29, 1.82) is 0 Å². The molecule has 0 bridgehead atoms. The molecule has 0 saturated heterocycles. The van der Waals surface area contributed by atoms with Gasteiger partial charge in [0, 0.05) is 45.4 Å². The number of hydrogen-bond donors (Lipinski definition) is 0. The molecule has 0 aliphatic heterocycles. The lowest BCUT2D eigenvalue weighted by molar-refractivity contribution is -0.285. The molecule has 66 heavy (non-hydrogen) atoms. The maximum Gasteiger partial charge on any atom is 0.508 e. The number of ether oxygens (including phenoxy) is 6. The van der Waals surface area contributed by atoms with Crippen molar-refractivity contribution in [3.8, 4) is 0 Å². The van der Waals surface area contributed by atoms with Gasteiger partial charge in [-0.25, -0.2) is 4.79 Å². The SMILES string of the molecule is CCCCC/C=C\C/C=C\CCCCCCCC(=O)OCC(COC(=O)CCC(OCCCCC(F)(F)C(F)(F)F)OCCCCC(F)(F)C(F)(F)F)COC(=O)OCCCN(CC)CC. The topological polar surface area (TPSA) is 110 Å². The maximum absolute atomic E-state index is 13.3. The summed E-state index contributed by atoms with van der Waals surface area (Å²) in [6, 6.07) is 0. The molecule has 0 amide bonds. The van der Waals surface area contributed by atoms with Gasteiger partial charge >= 0.3 is 42.3 Å². The van der Waals surface area contributed by atoms with Crippen molar-refractivity contribution in [1.82, 2.24) is 4.90 Å². The Morgan fingerprint density at radius 3 is 1.52 bits per heavy atom. The molecular weight excluding hydrogens is 900 g/mol. The molecule has 0 aromatic rings. The Kier molecular flexibility index (Phi) is 35.1. The van der Waals surface area contributed by atoms with Crippen molar-refractivity contribution < 1.29 is 86.7 Å². The van der Waals surface area contributed by atoms with Gasteiger partial charge in [0.05, 0.1) is 18.9 Å². The number of hydrogen-bond acceptors (Lipinski definition) is 10. The van der Waals surface area contributed by atoms with Gasteiger partial charge in [-0.15, -0.1) is 0 Å². The van der Waals surface area contributed by atoms with E-state index in [1.165, 1.54) is 19.3 Å². The van der Waals surface area contributed by atoms with Gasteiger partial charge in [0.1, 0.15) is 19.8 Å². The molecule has 388 valence electrons. The number of nitrogens with zero attached hydrogens (tertiary/aromatic N) is 1. The third kappa shape index (κ3) is 33.4. The van der Waals surface area contributed by atoms with Crippen LogP contribution in [0.15, 0.2) is 24.3 Å². The van der Waals surface area contributed by atoms with Gasteiger partial charge in [0.2, 0.25) is 0 Å². The highest BCUT2D eigenvalue weighted by Crippen LogP contribution is 2.40. The summed E-state index contributed by atoms with van der Waals surface area (Å²) in [7, 11) is 0. The summed E-state index contributed by atoms with van der Waals surface area (Å²) in [6.07, 6.45) is 1.20. The third-order valence-electron chi connectivity index (χ3n) is 10.3. The van der Waals surface area contributed by atoms with E-state index < -0.39 is 106 Å². The Hall–Kier alpha value is -3.13. The molecule has 0 aliphatic rings. The molecule has 1 unspecified atom stereocenters. The molecule has 0 radical (unpaired) electrons. The fourth-order valence-corrected chi connectivity index (χ4v) is 6.06. The highest BCUT2D eigenvalue weighted by Gasteiger charge is 2.57. The standard InChI is InChI=1S/C46H75F10NO9/c1-4-7-8-9-10-11-12-13-14-15-16-17-18-19-20-26-39(58)64-35-38(37-66-42(60)63-34-25-31-57(5-2)6-3)36-65-40(59)27-28-41(61-32-23-21-29-43(47,48)45(51,52)53)62-33-24-22-30-44(49,50)46(54,55)56/h10-11,13-14,38,41H,4-9,12,15-37H2,1-3H3/b11-10-,14-13-. The average Bonchev–Trinajstić information content (AvgIpc) is 3.25. The summed E-state index contributed by atoms with van der Waals surface area (Å²) in [4.78, 5) is 39.8.